The minimum absolute atomic E-state index is 0.286. The molecule has 0 unspecified atom stereocenters. The Morgan fingerprint density at radius 2 is 2.11 bits per heavy atom. The molecule has 0 radical (unpaired) electrons. The summed E-state index contributed by atoms with van der Waals surface area (Å²) in [6.45, 7) is 6.64. The maximum Gasteiger partial charge on any atom is 0.231 e. The van der Waals surface area contributed by atoms with Gasteiger partial charge in [-0.2, -0.15) is 4.37 Å². The summed E-state index contributed by atoms with van der Waals surface area (Å²) in [6, 6.07) is 5.96. The normalized spacial score (nSPS) is 16.7. The Labute approximate surface area is 163 Å². The van der Waals surface area contributed by atoms with Crippen LogP contribution in [0.15, 0.2) is 23.2 Å². The van der Waals surface area contributed by atoms with E-state index in [0.717, 1.165) is 66.6 Å². The Balaban J connectivity index is 1.34. The van der Waals surface area contributed by atoms with Gasteiger partial charge < -0.3 is 24.6 Å². The predicted octanol–water partition coefficient (Wildman–Crippen LogP) is 1.73. The first-order valence-corrected chi connectivity index (χ1v) is 9.96. The fourth-order valence-electron chi connectivity index (χ4n) is 3.26. The zero-order chi connectivity index (χ0) is 18.6. The van der Waals surface area contributed by atoms with Crippen LogP contribution in [0.5, 0.6) is 11.5 Å². The molecule has 0 aliphatic carbocycles. The standard InChI is InChI=1S/C18H24N6O2S/c1-3-15-21-18(27-22-15)24-9-7-23(8-10-24)17(19-2)20-11-13-5-4-6-14-16(13)26-12-25-14/h4-6H,3,7-12H2,1-2H3,(H,19,20). The van der Waals surface area contributed by atoms with Gasteiger partial charge in [0.2, 0.25) is 11.9 Å². The molecule has 0 bridgehead atoms. The fraction of sp³-hybridized carbons (Fsp3) is 0.500. The summed E-state index contributed by atoms with van der Waals surface area (Å²) in [7, 11) is 1.82. The smallest absolute Gasteiger partial charge is 0.231 e. The molecule has 3 heterocycles. The lowest BCUT2D eigenvalue weighted by Crippen LogP contribution is -2.52. The molecule has 9 heteroatoms. The average Bonchev–Trinajstić information content (AvgIpc) is 3.38. The number of anilines is 1. The lowest BCUT2D eigenvalue weighted by Gasteiger charge is -2.36. The first kappa shape index (κ1) is 17.8. The van der Waals surface area contributed by atoms with Crippen LogP contribution in [0.3, 0.4) is 0 Å². The number of para-hydroxylation sites is 1. The number of aryl methyl sites for hydroxylation is 1. The van der Waals surface area contributed by atoms with Crippen molar-refractivity contribution >= 4 is 22.6 Å². The number of benzene rings is 1. The van der Waals surface area contributed by atoms with Crippen LogP contribution >= 0.6 is 11.5 Å². The molecule has 27 heavy (non-hydrogen) atoms. The minimum Gasteiger partial charge on any atom is -0.454 e. The van der Waals surface area contributed by atoms with Crippen molar-refractivity contribution in [1.82, 2.24) is 19.6 Å². The zero-order valence-corrected chi connectivity index (χ0v) is 16.5. The number of guanidine groups is 1. The molecule has 2 aliphatic rings. The molecule has 0 atom stereocenters. The number of piperazine rings is 1. The number of hydrogen-bond donors (Lipinski definition) is 1. The third-order valence-electron chi connectivity index (χ3n) is 4.75. The van der Waals surface area contributed by atoms with Gasteiger partial charge in [0.15, 0.2) is 17.5 Å². The van der Waals surface area contributed by atoms with Crippen LogP contribution in [0.2, 0.25) is 0 Å². The molecule has 4 rings (SSSR count). The minimum atomic E-state index is 0.286. The second kappa shape index (κ2) is 7.99. The fourth-order valence-corrected chi connectivity index (χ4v) is 4.06. The topological polar surface area (TPSA) is 75.1 Å². The van der Waals surface area contributed by atoms with Gasteiger partial charge in [-0.1, -0.05) is 19.1 Å². The number of nitrogens with one attached hydrogen (secondary N) is 1. The molecule has 1 aromatic carbocycles. The largest absolute Gasteiger partial charge is 0.454 e. The first-order valence-electron chi connectivity index (χ1n) is 9.19. The van der Waals surface area contributed by atoms with E-state index in [1.165, 1.54) is 11.5 Å². The van der Waals surface area contributed by atoms with E-state index in [2.05, 4.69) is 36.4 Å². The maximum absolute atomic E-state index is 5.58. The highest BCUT2D eigenvalue weighted by atomic mass is 32.1. The summed E-state index contributed by atoms with van der Waals surface area (Å²) < 4.78 is 15.4. The van der Waals surface area contributed by atoms with Crippen LogP contribution in [0.4, 0.5) is 5.13 Å². The Kier molecular flexibility index (Phi) is 5.28. The highest BCUT2D eigenvalue weighted by Gasteiger charge is 2.23. The van der Waals surface area contributed by atoms with Gasteiger partial charge in [-0.25, -0.2) is 4.98 Å². The number of hydrogen-bond acceptors (Lipinski definition) is 7. The van der Waals surface area contributed by atoms with Gasteiger partial charge in [0.1, 0.15) is 5.82 Å². The van der Waals surface area contributed by atoms with E-state index < -0.39 is 0 Å². The summed E-state index contributed by atoms with van der Waals surface area (Å²) >= 11 is 1.49. The average molecular weight is 388 g/mol. The number of aliphatic imine (C=N–C) groups is 1. The van der Waals surface area contributed by atoms with E-state index in [0.29, 0.717) is 6.54 Å². The SMILES string of the molecule is CCc1nsc(N2CCN(C(=NC)NCc3cccc4c3OCO4)CC2)n1. The molecule has 0 saturated carbocycles. The first-order chi connectivity index (χ1) is 13.3. The van der Waals surface area contributed by atoms with Crippen LogP contribution in [0.1, 0.15) is 18.3 Å². The van der Waals surface area contributed by atoms with Crippen molar-refractivity contribution in [1.29, 1.82) is 0 Å². The highest BCUT2D eigenvalue weighted by molar-refractivity contribution is 7.09. The van der Waals surface area contributed by atoms with Gasteiger partial charge >= 0.3 is 0 Å². The van der Waals surface area contributed by atoms with E-state index in [-0.39, 0.29) is 6.79 Å². The number of nitrogens with zero attached hydrogens (tertiary/aromatic N) is 5. The van der Waals surface area contributed by atoms with Crippen molar-refractivity contribution in [3.63, 3.8) is 0 Å². The molecule has 0 spiro atoms. The van der Waals surface area contributed by atoms with E-state index in [1.54, 1.807) is 0 Å². The van der Waals surface area contributed by atoms with Gasteiger partial charge in [-0.3, -0.25) is 4.99 Å². The quantitative estimate of drug-likeness (QED) is 0.631. The van der Waals surface area contributed by atoms with Crippen molar-refractivity contribution in [2.45, 2.75) is 19.9 Å². The Hall–Kier alpha value is -2.55. The van der Waals surface area contributed by atoms with Gasteiger partial charge in [0.25, 0.3) is 0 Å². The van der Waals surface area contributed by atoms with Crippen LogP contribution in [0.25, 0.3) is 0 Å². The Morgan fingerprint density at radius 1 is 1.26 bits per heavy atom. The molecule has 1 aromatic heterocycles. The van der Waals surface area contributed by atoms with E-state index >= 15 is 0 Å². The Morgan fingerprint density at radius 3 is 2.85 bits per heavy atom. The molecule has 8 nitrogen and oxygen atoms in total. The lowest BCUT2D eigenvalue weighted by atomic mass is 10.2. The maximum atomic E-state index is 5.58. The molecule has 1 N–H and O–H groups in total. The molecule has 144 valence electrons. The van der Waals surface area contributed by atoms with Gasteiger partial charge in [0.05, 0.1) is 0 Å². The molecular formula is C18H24N6O2S. The molecule has 0 amide bonds. The molecular weight excluding hydrogens is 364 g/mol. The summed E-state index contributed by atoms with van der Waals surface area (Å²) in [6.07, 6.45) is 0.880. The van der Waals surface area contributed by atoms with E-state index in [4.69, 9.17) is 9.47 Å². The molecule has 2 aliphatic heterocycles. The number of ether oxygens (including phenoxy) is 2. The van der Waals surface area contributed by atoms with Gasteiger partial charge in [-0.15, -0.1) is 0 Å². The van der Waals surface area contributed by atoms with E-state index in [9.17, 15) is 0 Å². The van der Waals surface area contributed by atoms with Crippen LogP contribution in [0, 0.1) is 0 Å². The van der Waals surface area contributed by atoms with Crippen LogP contribution in [-0.2, 0) is 13.0 Å². The van der Waals surface area contributed by atoms with Crippen LogP contribution in [-0.4, -0.2) is 60.2 Å². The monoisotopic (exact) mass is 388 g/mol. The van der Waals surface area contributed by atoms with Crippen molar-refractivity contribution in [3.05, 3.63) is 29.6 Å². The number of aromatic nitrogens is 2. The Bertz CT molecular complexity index is 816. The molecule has 1 saturated heterocycles. The second-order valence-electron chi connectivity index (χ2n) is 6.37. The molecule has 1 fully saturated rings. The zero-order valence-electron chi connectivity index (χ0n) is 15.6. The highest BCUT2D eigenvalue weighted by Crippen LogP contribution is 2.35. The van der Waals surface area contributed by atoms with Crippen molar-refractivity contribution in [2.24, 2.45) is 4.99 Å². The predicted molar refractivity (Wildman–Crippen MR) is 106 cm³/mol. The van der Waals surface area contributed by atoms with E-state index in [1.807, 2.05) is 25.2 Å². The summed E-state index contributed by atoms with van der Waals surface area (Å²) in [5.41, 5.74) is 1.07. The summed E-state index contributed by atoms with van der Waals surface area (Å²) in [5, 5.41) is 4.47. The van der Waals surface area contributed by atoms with Crippen molar-refractivity contribution < 1.29 is 9.47 Å². The van der Waals surface area contributed by atoms with Crippen molar-refractivity contribution in [2.75, 3.05) is 44.9 Å². The van der Waals surface area contributed by atoms with Gasteiger partial charge in [0, 0.05) is 63.3 Å². The number of fused-ring (bicyclic) bond motifs is 1. The summed E-state index contributed by atoms with van der Waals surface area (Å²) in [5.74, 6) is 3.46. The summed E-state index contributed by atoms with van der Waals surface area (Å²) in [4.78, 5) is 13.6. The second-order valence-corrected chi connectivity index (χ2v) is 7.10. The third-order valence-corrected chi connectivity index (χ3v) is 5.57. The third kappa shape index (κ3) is 3.78. The van der Waals surface area contributed by atoms with Crippen LogP contribution < -0.4 is 19.7 Å². The van der Waals surface area contributed by atoms with Gasteiger partial charge in [-0.05, 0) is 6.07 Å². The lowest BCUT2D eigenvalue weighted by molar-refractivity contribution is 0.173. The number of rotatable bonds is 4. The van der Waals surface area contributed by atoms with Crippen molar-refractivity contribution in [3.8, 4) is 11.5 Å². The molecule has 2 aromatic rings.